The summed E-state index contributed by atoms with van der Waals surface area (Å²) in [5.74, 6) is 0.607. The summed E-state index contributed by atoms with van der Waals surface area (Å²) in [7, 11) is 0. The minimum Gasteiger partial charge on any atom is -0.391 e. The maximum atomic E-state index is 9.46. The Morgan fingerprint density at radius 1 is 1.19 bits per heavy atom. The van der Waals surface area contributed by atoms with Gasteiger partial charge in [-0.2, -0.15) is 0 Å². The summed E-state index contributed by atoms with van der Waals surface area (Å²) in [6.45, 7) is 1.39. The van der Waals surface area contributed by atoms with E-state index in [0.29, 0.717) is 12.5 Å². The van der Waals surface area contributed by atoms with Crippen LogP contribution in [0.1, 0.15) is 6.42 Å². The third kappa shape index (κ3) is 1.59. The molecule has 1 N–H and O–H groups in total. The van der Waals surface area contributed by atoms with Gasteiger partial charge in [-0.05, 0) is 18.6 Å². The molecule has 0 amide bonds. The number of hydrogen-bond acceptors (Lipinski definition) is 5. The van der Waals surface area contributed by atoms with Crippen LogP contribution in [0, 0.1) is 0 Å². The molecule has 3 rings (SSSR count). The summed E-state index contributed by atoms with van der Waals surface area (Å²) in [4.78, 5) is 6.40. The smallest absolute Gasteiger partial charge is 0.246 e. The SMILES string of the molecule is O[C@H]1CCN(c2nnc3ccccc3n2)C1. The van der Waals surface area contributed by atoms with Crippen molar-refractivity contribution in [3.05, 3.63) is 24.3 Å². The van der Waals surface area contributed by atoms with E-state index >= 15 is 0 Å². The van der Waals surface area contributed by atoms with Crippen LogP contribution >= 0.6 is 0 Å². The lowest BCUT2D eigenvalue weighted by atomic mass is 10.3. The molecule has 0 saturated carbocycles. The Labute approximate surface area is 92.7 Å². The third-order valence-electron chi connectivity index (χ3n) is 2.80. The number of rotatable bonds is 1. The van der Waals surface area contributed by atoms with E-state index in [9.17, 15) is 5.11 Å². The van der Waals surface area contributed by atoms with Crippen LogP contribution in [0.5, 0.6) is 0 Å². The molecule has 16 heavy (non-hydrogen) atoms. The highest BCUT2D eigenvalue weighted by atomic mass is 16.3. The fourth-order valence-electron chi connectivity index (χ4n) is 1.93. The van der Waals surface area contributed by atoms with Gasteiger partial charge in [-0.1, -0.05) is 12.1 Å². The Bertz CT molecular complexity index is 516. The Morgan fingerprint density at radius 3 is 2.75 bits per heavy atom. The van der Waals surface area contributed by atoms with Gasteiger partial charge in [0.1, 0.15) is 5.52 Å². The molecule has 0 bridgehead atoms. The van der Waals surface area contributed by atoms with Gasteiger partial charge in [0.25, 0.3) is 0 Å². The highest BCUT2D eigenvalue weighted by molar-refractivity contribution is 5.74. The molecule has 0 unspecified atom stereocenters. The second kappa shape index (κ2) is 3.68. The Balaban J connectivity index is 1.99. The number of hydrogen-bond donors (Lipinski definition) is 1. The number of para-hydroxylation sites is 1. The van der Waals surface area contributed by atoms with E-state index in [4.69, 9.17) is 0 Å². The molecule has 1 atom stereocenters. The van der Waals surface area contributed by atoms with Crippen LogP contribution in [0.2, 0.25) is 0 Å². The number of aliphatic hydroxyl groups excluding tert-OH is 1. The van der Waals surface area contributed by atoms with Crippen LogP contribution in [0.3, 0.4) is 0 Å². The summed E-state index contributed by atoms with van der Waals surface area (Å²) in [5, 5.41) is 17.6. The van der Waals surface area contributed by atoms with Crippen LogP contribution in [0.4, 0.5) is 5.95 Å². The van der Waals surface area contributed by atoms with Crippen LogP contribution in [-0.4, -0.2) is 39.5 Å². The van der Waals surface area contributed by atoms with Gasteiger partial charge in [0.05, 0.1) is 11.6 Å². The van der Waals surface area contributed by atoms with Crippen molar-refractivity contribution in [3.63, 3.8) is 0 Å². The van der Waals surface area contributed by atoms with E-state index in [0.717, 1.165) is 24.0 Å². The first-order valence-electron chi connectivity index (χ1n) is 5.35. The van der Waals surface area contributed by atoms with Crippen molar-refractivity contribution < 1.29 is 5.11 Å². The molecule has 1 aromatic carbocycles. The van der Waals surface area contributed by atoms with Gasteiger partial charge in [0, 0.05) is 13.1 Å². The molecule has 2 heterocycles. The number of benzene rings is 1. The van der Waals surface area contributed by atoms with Crippen LogP contribution in [0.15, 0.2) is 24.3 Å². The van der Waals surface area contributed by atoms with E-state index in [-0.39, 0.29) is 6.10 Å². The molecular weight excluding hydrogens is 204 g/mol. The zero-order valence-corrected chi connectivity index (χ0v) is 8.74. The van der Waals surface area contributed by atoms with E-state index < -0.39 is 0 Å². The van der Waals surface area contributed by atoms with Crippen molar-refractivity contribution >= 4 is 17.0 Å². The van der Waals surface area contributed by atoms with Gasteiger partial charge >= 0.3 is 0 Å². The highest BCUT2D eigenvalue weighted by Gasteiger charge is 2.22. The largest absolute Gasteiger partial charge is 0.391 e. The molecule has 5 heteroatoms. The second-order valence-electron chi connectivity index (χ2n) is 3.99. The van der Waals surface area contributed by atoms with E-state index in [1.807, 2.05) is 29.2 Å². The normalized spacial score (nSPS) is 20.6. The standard InChI is InChI=1S/C11H12N4O/c16-8-5-6-15(7-8)11-12-9-3-1-2-4-10(9)13-14-11/h1-4,8,16H,5-7H2/t8-/m0/s1. The van der Waals surface area contributed by atoms with Crippen LogP contribution in [-0.2, 0) is 0 Å². The number of fused-ring (bicyclic) bond motifs is 1. The van der Waals surface area contributed by atoms with Gasteiger partial charge in [-0.15, -0.1) is 10.2 Å². The molecule has 1 fully saturated rings. The van der Waals surface area contributed by atoms with Gasteiger partial charge < -0.3 is 10.0 Å². The first kappa shape index (κ1) is 9.47. The van der Waals surface area contributed by atoms with Gasteiger partial charge in [0.2, 0.25) is 5.95 Å². The number of β-amino-alcohol motifs (C(OH)–C–C–N with tert-alkyl or cyclic N) is 1. The molecule has 1 aliphatic rings. The maximum absolute atomic E-state index is 9.46. The van der Waals surface area contributed by atoms with Crippen molar-refractivity contribution in [2.45, 2.75) is 12.5 Å². The quantitative estimate of drug-likeness (QED) is 0.756. The van der Waals surface area contributed by atoms with Gasteiger partial charge in [-0.25, -0.2) is 4.98 Å². The predicted molar refractivity (Wildman–Crippen MR) is 60.2 cm³/mol. The summed E-state index contributed by atoms with van der Waals surface area (Å²) in [5.41, 5.74) is 1.64. The van der Waals surface area contributed by atoms with Crippen molar-refractivity contribution in [1.82, 2.24) is 15.2 Å². The fourth-order valence-corrected chi connectivity index (χ4v) is 1.93. The molecule has 82 valence electrons. The Kier molecular flexibility index (Phi) is 2.18. The first-order chi connectivity index (χ1) is 7.83. The van der Waals surface area contributed by atoms with Gasteiger partial charge in [-0.3, -0.25) is 0 Å². The average Bonchev–Trinajstić information content (AvgIpc) is 2.75. The summed E-state index contributed by atoms with van der Waals surface area (Å²) in [6.07, 6.45) is 0.506. The molecule has 0 radical (unpaired) electrons. The molecule has 1 aliphatic heterocycles. The lowest BCUT2D eigenvalue weighted by Crippen LogP contribution is -2.23. The topological polar surface area (TPSA) is 62.1 Å². The minimum atomic E-state index is -0.268. The molecule has 2 aromatic rings. The molecular formula is C11H12N4O. The zero-order valence-electron chi connectivity index (χ0n) is 8.74. The lowest BCUT2D eigenvalue weighted by molar-refractivity contribution is 0.198. The minimum absolute atomic E-state index is 0.268. The predicted octanol–water partition coefficient (Wildman–Crippen LogP) is 0.596. The number of aromatic nitrogens is 3. The molecule has 1 aromatic heterocycles. The summed E-state index contributed by atoms with van der Waals surface area (Å²) < 4.78 is 0. The third-order valence-corrected chi connectivity index (χ3v) is 2.80. The zero-order chi connectivity index (χ0) is 11.0. The molecule has 0 spiro atoms. The fraction of sp³-hybridized carbons (Fsp3) is 0.364. The monoisotopic (exact) mass is 216 g/mol. The Morgan fingerprint density at radius 2 is 2.00 bits per heavy atom. The summed E-state index contributed by atoms with van der Waals surface area (Å²) >= 11 is 0. The van der Waals surface area contributed by atoms with Crippen molar-refractivity contribution in [2.24, 2.45) is 0 Å². The van der Waals surface area contributed by atoms with E-state index in [2.05, 4.69) is 15.2 Å². The van der Waals surface area contributed by atoms with Crippen molar-refractivity contribution in [3.8, 4) is 0 Å². The van der Waals surface area contributed by atoms with Crippen molar-refractivity contribution in [1.29, 1.82) is 0 Å². The highest BCUT2D eigenvalue weighted by Crippen LogP contribution is 2.17. The molecule has 0 aliphatic carbocycles. The maximum Gasteiger partial charge on any atom is 0.246 e. The van der Waals surface area contributed by atoms with E-state index in [1.165, 1.54) is 0 Å². The number of aliphatic hydroxyl groups is 1. The van der Waals surface area contributed by atoms with Crippen LogP contribution < -0.4 is 4.90 Å². The first-order valence-corrected chi connectivity index (χ1v) is 5.35. The lowest BCUT2D eigenvalue weighted by Gasteiger charge is -2.14. The van der Waals surface area contributed by atoms with Crippen molar-refractivity contribution in [2.75, 3.05) is 18.0 Å². The van der Waals surface area contributed by atoms with Gasteiger partial charge in [0.15, 0.2) is 0 Å². The number of anilines is 1. The number of nitrogens with zero attached hydrogens (tertiary/aromatic N) is 4. The summed E-state index contributed by atoms with van der Waals surface area (Å²) in [6, 6.07) is 7.65. The Hall–Kier alpha value is -1.75. The second-order valence-corrected chi connectivity index (χ2v) is 3.99. The average molecular weight is 216 g/mol. The molecule has 5 nitrogen and oxygen atoms in total. The molecule has 1 saturated heterocycles. The van der Waals surface area contributed by atoms with Crippen LogP contribution in [0.25, 0.3) is 11.0 Å². The van der Waals surface area contributed by atoms with E-state index in [1.54, 1.807) is 0 Å².